The first-order valence-corrected chi connectivity index (χ1v) is 2.06. The molecule has 0 aromatic rings. The van der Waals surface area contributed by atoms with E-state index in [0.29, 0.717) is 0 Å². The van der Waals surface area contributed by atoms with Crippen LogP contribution in [0.4, 0.5) is 0 Å². The molecule has 2 nitrogen and oxygen atoms in total. The van der Waals surface area contributed by atoms with E-state index in [1.807, 2.05) is 0 Å². The fourth-order valence-electron chi connectivity index (χ4n) is 0. The summed E-state index contributed by atoms with van der Waals surface area (Å²) in [5.74, 6) is 0. The maximum absolute atomic E-state index is 8.38. The zero-order chi connectivity index (χ0) is 4.00. The van der Waals surface area contributed by atoms with E-state index in [0.717, 1.165) is 0 Å². The minimum atomic E-state index is 0. The van der Waals surface area contributed by atoms with Crippen molar-refractivity contribution in [1.29, 1.82) is 0 Å². The van der Waals surface area contributed by atoms with E-state index >= 15 is 0 Å². The Hall–Kier alpha value is 1.26. The second kappa shape index (κ2) is 60.0. The van der Waals surface area contributed by atoms with Crippen molar-refractivity contribution in [3.05, 3.63) is 0 Å². The molecule has 0 fully saturated rings. The molecule has 0 aliphatic carbocycles. The predicted molar refractivity (Wildman–Crippen MR) is 11.3 cm³/mol. The SMILES string of the molecule is [AlH3].[O]=[Co].[O]=[Zn]. The van der Waals surface area contributed by atoms with Crippen LogP contribution in [0.3, 0.4) is 0 Å². The van der Waals surface area contributed by atoms with Gasteiger partial charge in [-0.25, -0.2) is 0 Å². The first-order chi connectivity index (χ1) is 2.00. The molecule has 0 saturated carbocycles. The monoisotopic (exact) mass is 185 g/mol. The second-order valence-electron chi connectivity index (χ2n) is 0. The zero-order valence-corrected chi connectivity index (χ0v) is 5.87. The molecule has 0 saturated heterocycles. The van der Waals surface area contributed by atoms with Crippen LogP contribution >= 0.6 is 0 Å². The third-order valence-electron chi connectivity index (χ3n) is 0. The van der Waals surface area contributed by atoms with Crippen LogP contribution in [-0.4, -0.2) is 17.4 Å². The molecule has 0 aliphatic heterocycles. The van der Waals surface area contributed by atoms with Crippen LogP contribution in [0.25, 0.3) is 0 Å². The third kappa shape index (κ3) is 35.1. The van der Waals surface area contributed by atoms with Gasteiger partial charge < -0.3 is 0 Å². The Morgan fingerprint density at radius 3 is 1.20 bits per heavy atom. The fraction of sp³-hybridized carbons (Fsp3) is 0. The molecule has 0 rings (SSSR count). The van der Waals surface area contributed by atoms with Crippen molar-refractivity contribution in [3.63, 3.8) is 0 Å². The van der Waals surface area contributed by atoms with Gasteiger partial charge in [-0.05, 0) is 0 Å². The Morgan fingerprint density at radius 1 is 1.20 bits per heavy atom. The van der Waals surface area contributed by atoms with Crippen LogP contribution in [0.5, 0.6) is 0 Å². The quantitative estimate of drug-likeness (QED) is 0.435. The van der Waals surface area contributed by atoms with Crippen LogP contribution in [0.2, 0.25) is 0 Å². The molecule has 0 aromatic heterocycles. The van der Waals surface area contributed by atoms with E-state index in [4.69, 9.17) is 7.44 Å². The fourth-order valence-corrected chi connectivity index (χ4v) is 0. The van der Waals surface area contributed by atoms with Crippen molar-refractivity contribution < 1.29 is 41.4 Å². The van der Waals surface area contributed by atoms with Gasteiger partial charge in [0.1, 0.15) is 0 Å². The van der Waals surface area contributed by atoms with Gasteiger partial charge in [0.05, 0.1) is 0 Å². The second-order valence-corrected chi connectivity index (χ2v) is 0. The topological polar surface area (TPSA) is 34.1 Å². The summed E-state index contributed by atoms with van der Waals surface area (Å²) in [6.45, 7) is 0. The molecule has 0 spiro atoms. The first kappa shape index (κ1) is 16.3. The van der Waals surface area contributed by atoms with Gasteiger partial charge in [-0.3, -0.25) is 0 Å². The summed E-state index contributed by atoms with van der Waals surface area (Å²) in [4.78, 5) is 0. The molecule has 0 aromatic carbocycles. The molecule has 5 heavy (non-hydrogen) atoms. The molecule has 0 amide bonds. The predicted octanol–water partition coefficient (Wildman–Crippen LogP) is -1.43. The number of rotatable bonds is 0. The van der Waals surface area contributed by atoms with Gasteiger partial charge in [0.15, 0.2) is 17.4 Å². The van der Waals surface area contributed by atoms with Gasteiger partial charge in [-0.1, -0.05) is 0 Å². The Kier molecular flexibility index (Phi) is 196. The van der Waals surface area contributed by atoms with Crippen molar-refractivity contribution in [2.45, 2.75) is 0 Å². The molecule has 29 valence electrons. The summed E-state index contributed by atoms with van der Waals surface area (Å²) in [5.41, 5.74) is 0. The molecule has 0 aliphatic rings. The van der Waals surface area contributed by atoms with Crippen molar-refractivity contribution in [2.24, 2.45) is 0 Å². The standard InChI is InChI=1S/Al.Co.2O.Zn.3H. The number of hydrogen-bond acceptors (Lipinski definition) is 2. The van der Waals surface area contributed by atoms with E-state index in [-0.39, 0.29) is 35.6 Å². The van der Waals surface area contributed by atoms with E-state index < -0.39 is 0 Å². The average molecular weight is 186 g/mol. The summed E-state index contributed by atoms with van der Waals surface area (Å²) < 4.78 is 16.3. The molecule has 5 heteroatoms. The zero-order valence-electron chi connectivity index (χ0n) is 1.86. The van der Waals surface area contributed by atoms with Crippen LogP contribution in [0.15, 0.2) is 0 Å². The van der Waals surface area contributed by atoms with Gasteiger partial charge in [0.25, 0.3) is 0 Å². The summed E-state index contributed by atoms with van der Waals surface area (Å²) in [6, 6.07) is 0. The van der Waals surface area contributed by atoms with E-state index in [1.54, 1.807) is 0 Å². The molecule has 0 radical (unpaired) electrons. The first-order valence-electron chi connectivity index (χ1n) is 0.425. The van der Waals surface area contributed by atoms with Gasteiger partial charge in [-0.2, -0.15) is 0 Å². The maximum atomic E-state index is 8.38. The Balaban J connectivity index is -0.0000000133. The van der Waals surface area contributed by atoms with E-state index in [9.17, 15) is 0 Å². The van der Waals surface area contributed by atoms with E-state index in [1.165, 1.54) is 0 Å². The summed E-state index contributed by atoms with van der Waals surface area (Å²) in [7, 11) is 0. The third-order valence-corrected chi connectivity index (χ3v) is 0. The molecule has 0 unspecified atom stereocenters. The van der Waals surface area contributed by atoms with Gasteiger partial charge in [0.2, 0.25) is 0 Å². The summed E-state index contributed by atoms with van der Waals surface area (Å²) >= 11 is 2.44. The Bertz CT molecular complexity index is 11.6. The van der Waals surface area contributed by atoms with Crippen molar-refractivity contribution in [3.8, 4) is 0 Å². The molecule has 0 heterocycles. The van der Waals surface area contributed by atoms with Crippen LogP contribution in [-0.2, 0) is 41.4 Å². The van der Waals surface area contributed by atoms with Gasteiger partial charge in [-0.15, -0.1) is 0 Å². The molecule has 0 bridgehead atoms. The normalized spacial score (nSPS) is 2.20. The summed E-state index contributed by atoms with van der Waals surface area (Å²) in [6.07, 6.45) is 0. The van der Waals surface area contributed by atoms with Crippen molar-refractivity contribution in [2.75, 3.05) is 0 Å². The average Bonchev–Trinajstić information content (AvgIpc) is 1.50. The Labute approximate surface area is 58.6 Å². The molecule has 0 N–H and O–H groups in total. The van der Waals surface area contributed by atoms with Crippen molar-refractivity contribution >= 4 is 17.4 Å². The van der Waals surface area contributed by atoms with Gasteiger partial charge in [0, 0.05) is 0 Å². The van der Waals surface area contributed by atoms with E-state index in [2.05, 4.69) is 15.7 Å². The molecular formula is H3AlCoO2Zn. The minimum absolute atomic E-state index is 0. The van der Waals surface area contributed by atoms with Crippen LogP contribution < -0.4 is 0 Å². The van der Waals surface area contributed by atoms with Crippen molar-refractivity contribution in [1.82, 2.24) is 0 Å². The van der Waals surface area contributed by atoms with Crippen LogP contribution in [0, 0.1) is 0 Å². The number of hydrogen-bond donors (Lipinski definition) is 0. The van der Waals surface area contributed by atoms with Gasteiger partial charge >= 0.3 is 41.4 Å². The van der Waals surface area contributed by atoms with Crippen LogP contribution in [0.1, 0.15) is 0 Å². The molecule has 0 atom stereocenters. The molecular weight excluding hydrogens is 183 g/mol. The summed E-state index contributed by atoms with van der Waals surface area (Å²) in [5, 5.41) is 0. The Morgan fingerprint density at radius 2 is 1.20 bits per heavy atom.